The van der Waals surface area contributed by atoms with E-state index < -0.39 is 5.97 Å². The highest BCUT2D eigenvalue weighted by Crippen LogP contribution is 2.28. The van der Waals surface area contributed by atoms with E-state index in [4.69, 9.17) is 14.3 Å². The van der Waals surface area contributed by atoms with Crippen LogP contribution in [-0.4, -0.2) is 32.9 Å². The minimum absolute atomic E-state index is 0.0680. The molecule has 1 aromatic heterocycles. The fourth-order valence-electron chi connectivity index (χ4n) is 2.76. The molecular weight excluding hydrogens is 418 g/mol. The molecule has 0 atom stereocenters. The summed E-state index contributed by atoms with van der Waals surface area (Å²) in [5.74, 6) is 0.207. The Hall–Kier alpha value is -3.33. The highest BCUT2D eigenvalue weighted by molar-refractivity contribution is 7.99. The summed E-state index contributed by atoms with van der Waals surface area (Å²) in [4.78, 5) is 23.0. The number of nitrogens with zero attached hydrogens (tertiary/aromatic N) is 2. The van der Waals surface area contributed by atoms with Crippen LogP contribution < -0.4 is 10.1 Å². The summed E-state index contributed by atoms with van der Waals surface area (Å²) in [6, 6.07) is 12.0. The van der Waals surface area contributed by atoms with E-state index in [1.807, 2.05) is 13.0 Å². The van der Waals surface area contributed by atoms with E-state index in [1.54, 1.807) is 0 Å². The maximum absolute atomic E-state index is 12.1. The van der Waals surface area contributed by atoms with E-state index in [0.29, 0.717) is 17.5 Å². The van der Waals surface area contributed by atoms with Crippen LogP contribution in [0.1, 0.15) is 47.1 Å². The number of amides is 1. The first-order valence-electron chi connectivity index (χ1n) is 9.63. The van der Waals surface area contributed by atoms with Crippen LogP contribution >= 0.6 is 11.8 Å². The number of hydrogen-bond donors (Lipinski definition) is 2. The molecule has 3 rings (SSSR count). The standard InChI is InChI=1S/C22H23N3O5S/c1-13(2)17-9-4-14(3)10-18(17)29-11-20-24-25-22(30-20)31-12-19(26)23-16-7-5-15(6-8-16)21(27)28/h4-10,13H,11-12H2,1-3H3,(H,23,26)(H,27,28). The number of ether oxygens (including phenoxy) is 1. The Morgan fingerprint density at radius 3 is 2.58 bits per heavy atom. The Morgan fingerprint density at radius 1 is 1.16 bits per heavy atom. The molecule has 3 aromatic rings. The van der Waals surface area contributed by atoms with Gasteiger partial charge in [-0.05, 0) is 54.3 Å². The van der Waals surface area contributed by atoms with Crippen molar-refractivity contribution in [3.05, 3.63) is 65.0 Å². The summed E-state index contributed by atoms with van der Waals surface area (Å²) < 4.78 is 11.4. The van der Waals surface area contributed by atoms with Crippen LogP contribution in [0, 0.1) is 6.92 Å². The molecule has 2 aromatic carbocycles. The van der Waals surface area contributed by atoms with Crippen molar-refractivity contribution in [2.24, 2.45) is 0 Å². The number of aromatic nitrogens is 2. The molecule has 162 valence electrons. The zero-order valence-corrected chi connectivity index (χ0v) is 18.2. The lowest BCUT2D eigenvalue weighted by molar-refractivity contribution is -0.113. The predicted octanol–water partition coefficient (Wildman–Crippen LogP) is 4.51. The highest BCUT2D eigenvalue weighted by atomic mass is 32.2. The Morgan fingerprint density at radius 2 is 1.90 bits per heavy atom. The number of aryl methyl sites for hydroxylation is 1. The van der Waals surface area contributed by atoms with E-state index in [-0.39, 0.29) is 29.1 Å². The summed E-state index contributed by atoms with van der Waals surface area (Å²) in [5, 5.41) is 19.8. The van der Waals surface area contributed by atoms with Gasteiger partial charge in [-0.1, -0.05) is 37.7 Å². The van der Waals surface area contributed by atoms with Crippen LogP contribution in [0.4, 0.5) is 5.69 Å². The molecule has 0 fully saturated rings. The first-order chi connectivity index (χ1) is 14.8. The third-order valence-electron chi connectivity index (χ3n) is 4.33. The lowest BCUT2D eigenvalue weighted by atomic mass is 10.0. The number of carbonyl (C=O) groups is 2. The molecule has 0 aliphatic rings. The zero-order valence-electron chi connectivity index (χ0n) is 17.4. The molecule has 1 heterocycles. The van der Waals surface area contributed by atoms with E-state index in [9.17, 15) is 9.59 Å². The lowest BCUT2D eigenvalue weighted by Gasteiger charge is -2.13. The Bertz CT molecular complexity index is 1060. The number of rotatable bonds is 9. The normalized spacial score (nSPS) is 10.8. The molecule has 1 amide bonds. The number of carbonyl (C=O) groups excluding carboxylic acids is 1. The van der Waals surface area contributed by atoms with E-state index in [2.05, 4.69) is 41.5 Å². The lowest BCUT2D eigenvalue weighted by Crippen LogP contribution is -2.14. The minimum Gasteiger partial charge on any atom is -0.484 e. The van der Waals surface area contributed by atoms with Gasteiger partial charge in [-0.2, -0.15) is 0 Å². The number of carboxylic acids is 1. The third-order valence-corrected chi connectivity index (χ3v) is 5.15. The van der Waals surface area contributed by atoms with Gasteiger partial charge in [-0.25, -0.2) is 4.79 Å². The Balaban J connectivity index is 1.50. The first-order valence-corrected chi connectivity index (χ1v) is 10.6. The van der Waals surface area contributed by atoms with Crippen LogP contribution in [0.25, 0.3) is 0 Å². The van der Waals surface area contributed by atoms with Gasteiger partial charge in [0, 0.05) is 5.69 Å². The predicted molar refractivity (Wildman–Crippen MR) is 117 cm³/mol. The van der Waals surface area contributed by atoms with Crippen molar-refractivity contribution in [2.45, 2.75) is 38.5 Å². The van der Waals surface area contributed by atoms with Crippen molar-refractivity contribution in [3.63, 3.8) is 0 Å². The average molecular weight is 442 g/mol. The van der Waals surface area contributed by atoms with Crippen LogP contribution in [-0.2, 0) is 11.4 Å². The van der Waals surface area contributed by atoms with E-state index in [1.165, 1.54) is 24.3 Å². The number of aromatic carboxylic acids is 1. The number of carboxylic acid groups (broad SMARTS) is 1. The first kappa shape index (κ1) is 22.4. The van der Waals surface area contributed by atoms with Crippen molar-refractivity contribution in [2.75, 3.05) is 11.1 Å². The van der Waals surface area contributed by atoms with Crippen LogP contribution in [0.3, 0.4) is 0 Å². The molecule has 0 bridgehead atoms. The van der Waals surface area contributed by atoms with Gasteiger partial charge < -0.3 is 19.6 Å². The van der Waals surface area contributed by atoms with Crippen molar-refractivity contribution in [1.82, 2.24) is 10.2 Å². The summed E-state index contributed by atoms with van der Waals surface area (Å²) in [6.07, 6.45) is 0. The molecule has 0 saturated heterocycles. The molecule has 9 heteroatoms. The second-order valence-electron chi connectivity index (χ2n) is 7.17. The SMILES string of the molecule is Cc1ccc(C(C)C)c(OCc2nnc(SCC(=O)Nc3ccc(C(=O)O)cc3)o2)c1. The molecule has 8 nitrogen and oxygen atoms in total. The van der Waals surface area contributed by atoms with Gasteiger partial charge in [0.1, 0.15) is 5.75 Å². The smallest absolute Gasteiger partial charge is 0.335 e. The van der Waals surface area contributed by atoms with Crippen molar-refractivity contribution >= 4 is 29.3 Å². The molecule has 0 unspecified atom stereocenters. The monoisotopic (exact) mass is 441 g/mol. The van der Waals surface area contributed by atoms with Gasteiger partial charge >= 0.3 is 5.97 Å². The molecule has 0 aliphatic heterocycles. The fraction of sp³-hybridized carbons (Fsp3) is 0.273. The van der Waals surface area contributed by atoms with E-state index >= 15 is 0 Å². The summed E-state index contributed by atoms with van der Waals surface area (Å²) in [7, 11) is 0. The second kappa shape index (κ2) is 10.1. The minimum atomic E-state index is -1.02. The van der Waals surface area contributed by atoms with Crippen LogP contribution in [0.15, 0.2) is 52.1 Å². The number of hydrogen-bond acceptors (Lipinski definition) is 7. The summed E-state index contributed by atoms with van der Waals surface area (Å²) in [5.41, 5.74) is 2.87. The molecule has 0 radical (unpaired) electrons. The van der Waals surface area contributed by atoms with Crippen LogP contribution in [0.5, 0.6) is 5.75 Å². The van der Waals surface area contributed by atoms with Crippen LogP contribution in [0.2, 0.25) is 0 Å². The number of anilines is 1. The van der Waals surface area contributed by atoms with Crippen molar-refractivity contribution < 1.29 is 23.8 Å². The molecule has 0 saturated carbocycles. The number of nitrogens with one attached hydrogen (secondary N) is 1. The Labute approximate surface area is 184 Å². The van der Waals surface area contributed by atoms with Gasteiger partial charge in [-0.3, -0.25) is 4.79 Å². The topological polar surface area (TPSA) is 115 Å². The van der Waals surface area contributed by atoms with Crippen molar-refractivity contribution in [3.8, 4) is 5.75 Å². The van der Waals surface area contributed by atoms with Gasteiger partial charge in [0.2, 0.25) is 5.91 Å². The number of thioether (sulfide) groups is 1. The fourth-order valence-corrected chi connectivity index (χ4v) is 3.34. The molecule has 31 heavy (non-hydrogen) atoms. The molecule has 0 spiro atoms. The highest BCUT2D eigenvalue weighted by Gasteiger charge is 2.13. The third kappa shape index (κ3) is 6.32. The Kier molecular flexibility index (Phi) is 7.30. The van der Waals surface area contributed by atoms with Gasteiger partial charge in [0.05, 0.1) is 11.3 Å². The van der Waals surface area contributed by atoms with Gasteiger partial charge in [0.15, 0.2) is 6.61 Å². The largest absolute Gasteiger partial charge is 0.484 e. The summed E-state index contributed by atoms with van der Waals surface area (Å²) >= 11 is 1.11. The van der Waals surface area contributed by atoms with E-state index in [0.717, 1.165) is 28.6 Å². The maximum atomic E-state index is 12.1. The summed E-state index contributed by atoms with van der Waals surface area (Å²) in [6.45, 7) is 6.35. The van der Waals surface area contributed by atoms with Crippen molar-refractivity contribution in [1.29, 1.82) is 0 Å². The molecule has 2 N–H and O–H groups in total. The maximum Gasteiger partial charge on any atom is 0.335 e. The molecular formula is C22H23N3O5S. The number of benzene rings is 2. The van der Waals surface area contributed by atoms with Gasteiger partial charge in [0.25, 0.3) is 11.1 Å². The second-order valence-corrected chi connectivity index (χ2v) is 8.09. The quantitative estimate of drug-likeness (QED) is 0.466. The van der Waals surface area contributed by atoms with Gasteiger partial charge in [-0.15, -0.1) is 10.2 Å². The average Bonchev–Trinajstić information content (AvgIpc) is 3.19. The molecule has 0 aliphatic carbocycles. The zero-order chi connectivity index (χ0) is 22.4.